The van der Waals surface area contributed by atoms with Crippen molar-refractivity contribution in [2.75, 3.05) is 5.73 Å². The van der Waals surface area contributed by atoms with Crippen LogP contribution < -0.4 is 5.73 Å². The molecule has 1 aromatic heterocycles. The fourth-order valence-corrected chi connectivity index (χ4v) is 0.783. The van der Waals surface area contributed by atoms with E-state index in [1.54, 1.807) is 25.3 Å². The number of nitrogens with zero attached hydrogens (tertiary/aromatic N) is 1. The number of hydrogen-bond acceptors (Lipinski definition) is 3. The van der Waals surface area contributed by atoms with Crippen molar-refractivity contribution in [3.8, 4) is 0 Å². The van der Waals surface area contributed by atoms with E-state index in [4.69, 9.17) is 10.8 Å². The molecule has 0 bridgehead atoms. The fraction of sp³-hybridized carbons (Fsp3) is 0.286. The SMILES string of the molecule is CC(O)c1cccnc1N. The number of aromatic nitrogens is 1. The number of pyridine rings is 1. The number of anilines is 1. The van der Waals surface area contributed by atoms with E-state index >= 15 is 0 Å². The van der Waals surface area contributed by atoms with Crippen molar-refractivity contribution in [2.24, 2.45) is 0 Å². The van der Waals surface area contributed by atoms with Gasteiger partial charge in [0.25, 0.3) is 0 Å². The highest BCUT2D eigenvalue weighted by atomic mass is 16.3. The highest BCUT2D eigenvalue weighted by molar-refractivity contribution is 5.39. The molecule has 1 heterocycles. The van der Waals surface area contributed by atoms with Gasteiger partial charge in [0, 0.05) is 11.8 Å². The Kier molecular flexibility index (Phi) is 1.87. The summed E-state index contributed by atoms with van der Waals surface area (Å²) in [7, 11) is 0. The first-order chi connectivity index (χ1) is 4.72. The molecule has 0 aliphatic carbocycles. The Morgan fingerprint density at radius 1 is 1.70 bits per heavy atom. The summed E-state index contributed by atoms with van der Waals surface area (Å²) >= 11 is 0. The topological polar surface area (TPSA) is 59.1 Å². The summed E-state index contributed by atoms with van der Waals surface area (Å²) in [4.78, 5) is 3.82. The summed E-state index contributed by atoms with van der Waals surface area (Å²) in [6, 6.07) is 3.51. The minimum atomic E-state index is -0.534. The highest BCUT2D eigenvalue weighted by Gasteiger charge is 2.03. The van der Waals surface area contributed by atoms with Gasteiger partial charge in [-0.3, -0.25) is 0 Å². The summed E-state index contributed by atoms with van der Waals surface area (Å²) in [6.45, 7) is 1.66. The Bertz CT molecular complexity index is 223. The summed E-state index contributed by atoms with van der Waals surface area (Å²) < 4.78 is 0. The predicted octanol–water partition coefficient (Wildman–Crippen LogP) is 0.717. The Hall–Kier alpha value is -1.09. The van der Waals surface area contributed by atoms with E-state index in [9.17, 15) is 0 Å². The molecule has 54 valence electrons. The molecular weight excluding hydrogens is 128 g/mol. The molecule has 10 heavy (non-hydrogen) atoms. The lowest BCUT2D eigenvalue weighted by Gasteiger charge is -2.05. The molecule has 1 unspecified atom stereocenters. The summed E-state index contributed by atoms with van der Waals surface area (Å²) in [5.41, 5.74) is 6.13. The standard InChI is InChI=1S/C7H10N2O/c1-5(10)6-3-2-4-9-7(6)8/h2-5,10H,1H3,(H2,8,9). The van der Waals surface area contributed by atoms with E-state index in [-0.39, 0.29) is 0 Å². The molecular formula is C7H10N2O. The second-order valence-corrected chi connectivity index (χ2v) is 2.15. The van der Waals surface area contributed by atoms with Crippen LogP contribution in [0.4, 0.5) is 5.82 Å². The number of aliphatic hydroxyl groups excluding tert-OH is 1. The van der Waals surface area contributed by atoms with Gasteiger partial charge in [-0.2, -0.15) is 0 Å². The third-order valence-corrected chi connectivity index (χ3v) is 1.32. The maximum absolute atomic E-state index is 9.08. The molecule has 0 spiro atoms. The van der Waals surface area contributed by atoms with Gasteiger partial charge in [-0.1, -0.05) is 6.07 Å². The molecule has 1 atom stereocenters. The van der Waals surface area contributed by atoms with Gasteiger partial charge in [-0.25, -0.2) is 4.98 Å². The van der Waals surface area contributed by atoms with Crippen LogP contribution in [0, 0.1) is 0 Å². The van der Waals surface area contributed by atoms with Crippen LogP contribution in [0.15, 0.2) is 18.3 Å². The highest BCUT2D eigenvalue weighted by Crippen LogP contribution is 2.15. The third-order valence-electron chi connectivity index (χ3n) is 1.32. The lowest BCUT2D eigenvalue weighted by atomic mass is 10.2. The second-order valence-electron chi connectivity index (χ2n) is 2.15. The zero-order valence-corrected chi connectivity index (χ0v) is 5.78. The van der Waals surface area contributed by atoms with E-state index < -0.39 is 6.10 Å². The largest absolute Gasteiger partial charge is 0.389 e. The number of aliphatic hydroxyl groups is 1. The van der Waals surface area contributed by atoms with Crippen molar-refractivity contribution in [3.63, 3.8) is 0 Å². The van der Waals surface area contributed by atoms with Gasteiger partial charge < -0.3 is 10.8 Å². The van der Waals surface area contributed by atoms with E-state index in [0.717, 1.165) is 0 Å². The minimum Gasteiger partial charge on any atom is -0.389 e. The van der Waals surface area contributed by atoms with Crippen LogP contribution >= 0.6 is 0 Å². The van der Waals surface area contributed by atoms with Crippen LogP contribution in [0.2, 0.25) is 0 Å². The molecule has 0 fully saturated rings. The summed E-state index contributed by atoms with van der Waals surface area (Å²) in [6.07, 6.45) is 1.06. The molecule has 1 rings (SSSR count). The van der Waals surface area contributed by atoms with Crippen LogP contribution in [0.25, 0.3) is 0 Å². The van der Waals surface area contributed by atoms with Crippen LogP contribution in [-0.4, -0.2) is 10.1 Å². The van der Waals surface area contributed by atoms with Gasteiger partial charge in [0.15, 0.2) is 0 Å². The zero-order valence-electron chi connectivity index (χ0n) is 5.78. The molecule has 0 aliphatic heterocycles. The van der Waals surface area contributed by atoms with E-state index in [1.807, 2.05) is 0 Å². The molecule has 3 heteroatoms. The monoisotopic (exact) mass is 138 g/mol. The molecule has 3 nitrogen and oxygen atoms in total. The van der Waals surface area contributed by atoms with Gasteiger partial charge >= 0.3 is 0 Å². The molecule has 3 N–H and O–H groups in total. The molecule has 0 saturated carbocycles. The van der Waals surface area contributed by atoms with Crippen molar-refractivity contribution in [1.29, 1.82) is 0 Å². The number of nitrogens with two attached hydrogens (primary N) is 1. The maximum Gasteiger partial charge on any atom is 0.129 e. The molecule has 0 amide bonds. The van der Waals surface area contributed by atoms with E-state index in [1.165, 1.54) is 0 Å². The first-order valence-electron chi connectivity index (χ1n) is 3.10. The maximum atomic E-state index is 9.08. The van der Waals surface area contributed by atoms with Crippen molar-refractivity contribution in [3.05, 3.63) is 23.9 Å². The molecule has 1 aromatic rings. The van der Waals surface area contributed by atoms with Crippen molar-refractivity contribution in [1.82, 2.24) is 4.98 Å². The average molecular weight is 138 g/mol. The Morgan fingerprint density at radius 3 is 2.80 bits per heavy atom. The molecule has 0 aliphatic rings. The van der Waals surface area contributed by atoms with Crippen molar-refractivity contribution >= 4 is 5.82 Å². The first-order valence-corrected chi connectivity index (χ1v) is 3.10. The average Bonchev–Trinajstić information content (AvgIpc) is 1.88. The van der Waals surface area contributed by atoms with Gasteiger partial charge in [0.2, 0.25) is 0 Å². The van der Waals surface area contributed by atoms with E-state index in [2.05, 4.69) is 4.98 Å². The van der Waals surface area contributed by atoms with Gasteiger partial charge in [0.1, 0.15) is 5.82 Å². The van der Waals surface area contributed by atoms with Crippen molar-refractivity contribution in [2.45, 2.75) is 13.0 Å². The number of hydrogen-bond donors (Lipinski definition) is 2. The molecule has 0 radical (unpaired) electrons. The fourth-order valence-electron chi connectivity index (χ4n) is 0.783. The molecule has 0 aromatic carbocycles. The Morgan fingerprint density at radius 2 is 2.40 bits per heavy atom. The number of nitrogen functional groups attached to an aromatic ring is 1. The summed E-state index contributed by atoms with van der Waals surface area (Å²) in [5.74, 6) is 0.400. The Labute approximate surface area is 59.5 Å². The van der Waals surface area contributed by atoms with Crippen LogP contribution in [0.3, 0.4) is 0 Å². The van der Waals surface area contributed by atoms with Crippen LogP contribution in [-0.2, 0) is 0 Å². The smallest absolute Gasteiger partial charge is 0.129 e. The van der Waals surface area contributed by atoms with E-state index in [0.29, 0.717) is 11.4 Å². The first kappa shape index (κ1) is 7.02. The normalized spacial score (nSPS) is 13.0. The lowest BCUT2D eigenvalue weighted by Crippen LogP contribution is -1.99. The zero-order chi connectivity index (χ0) is 7.56. The van der Waals surface area contributed by atoms with Gasteiger partial charge in [-0.05, 0) is 13.0 Å². The number of rotatable bonds is 1. The van der Waals surface area contributed by atoms with Gasteiger partial charge in [0.05, 0.1) is 6.10 Å². The third kappa shape index (κ3) is 1.25. The van der Waals surface area contributed by atoms with Crippen molar-refractivity contribution < 1.29 is 5.11 Å². The van der Waals surface area contributed by atoms with Crippen LogP contribution in [0.5, 0.6) is 0 Å². The lowest BCUT2D eigenvalue weighted by molar-refractivity contribution is 0.199. The summed E-state index contributed by atoms with van der Waals surface area (Å²) in [5, 5.41) is 9.08. The minimum absolute atomic E-state index is 0.400. The predicted molar refractivity (Wildman–Crippen MR) is 39.3 cm³/mol. The quantitative estimate of drug-likeness (QED) is 0.601. The van der Waals surface area contributed by atoms with Crippen LogP contribution in [0.1, 0.15) is 18.6 Å². The second kappa shape index (κ2) is 2.66. The molecule has 0 saturated heterocycles. The Balaban J connectivity index is 3.03. The van der Waals surface area contributed by atoms with Gasteiger partial charge in [-0.15, -0.1) is 0 Å².